The first-order valence-corrected chi connectivity index (χ1v) is 18.4. The molecule has 250 valence electrons. The summed E-state index contributed by atoms with van der Waals surface area (Å²) >= 11 is 0. The Hall–Kier alpha value is -5.34. The van der Waals surface area contributed by atoms with Crippen LogP contribution in [0.15, 0.2) is 146 Å². The van der Waals surface area contributed by atoms with Crippen LogP contribution in [0.3, 0.4) is 0 Å². The molecule has 2 nitrogen and oxygen atoms in total. The van der Waals surface area contributed by atoms with Gasteiger partial charge in [-0.15, -0.1) is 0 Å². The maximum atomic E-state index is 2.38. The molecule has 0 heterocycles. The van der Waals surface area contributed by atoms with Crippen molar-refractivity contribution < 1.29 is 0 Å². The zero-order chi connectivity index (χ0) is 34.5. The fourth-order valence-corrected chi connectivity index (χ4v) is 6.99. The molecule has 0 saturated heterocycles. The van der Waals surface area contributed by atoms with Gasteiger partial charge >= 0.3 is 0 Å². The third-order valence-corrected chi connectivity index (χ3v) is 9.93. The Bertz CT molecular complexity index is 2020. The molecular weight excluding hydrogens is 605 g/mol. The van der Waals surface area contributed by atoms with Crippen LogP contribution < -0.4 is 9.80 Å². The minimum Gasteiger partial charge on any atom is -0.310 e. The van der Waals surface area contributed by atoms with Gasteiger partial charge in [-0.05, 0) is 145 Å². The van der Waals surface area contributed by atoms with Gasteiger partial charge in [-0.1, -0.05) is 111 Å². The smallest absolute Gasteiger partial charge is 0.0468 e. The Morgan fingerprint density at radius 1 is 0.360 bits per heavy atom. The molecule has 7 aromatic rings. The normalized spacial score (nSPS) is 11.3. The van der Waals surface area contributed by atoms with E-state index in [1.54, 1.807) is 0 Å². The highest BCUT2D eigenvalue weighted by molar-refractivity contribution is 6.09. The van der Waals surface area contributed by atoms with Gasteiger partial charge < -0.3 is 9.80 Å². The molecule has 0 spiro atoms. The van der Waals surface area contributed by atoms with E-state index in [0.717, 1.165) is 35.6 Å². The van der Waals surface area contributed by atoms with E-state index in [-0.39, 0.29) is 0 Å². The summed E-state index contributed by atoms with van der Waals surface area (Å²) < 4.78 is 0. The molecule has 0 aliphatic carbocycles. The minimum absolute atomic E-state index is 1.13. The summed E-state index contributed by atoms with van der Waals surface area (Å²) in [6, 6.07) is 54.4. The summed E-state index contributed by atoms with van der Waals surface area (Å²) in [6.07, 6.45) is 7.11. The third-order valence-electron chi connectivity index (χ3n) is 9.93. The predicted octanol–water partition coefficient (Wildman–Crippen LogP) is 14.2. The van der Waals surface area contributed by atoms with Crippen LogP contribution in [0.25, 0.3) is 21.5 Å². The van der Waals surface area contributed by atoms with E-state index < -0.39 is 0 Å². The van der Waals surface area contributed by atoms with Gasteiger partial charge in [0.25, 0.3) is 0 Å². The fraction of sp³-hybridized carbons (Fsp3) is 0.208. The summed E-state index contributed by atoms with van der Waals surface area (Å²) in [7, 11) is 0. The number of hydrogen-bond acceptors (Lipinski definition) is 2. The van der Waals surface area contributed by atoms with Gasteiger partial charge in [0, 0.05) is 34.1 Å². The fourth-order valence-electron chi connectivity index (χ4n) is 6.99. The third kappa shape index (κ3) is 7.16. The van der Waals surface area contributed by atoms with Crippen molar-refractivity contribution in [3.8, 4) is 0 Å². The first kappa shape index (κ1) is 33.2. The maximum Gasteiger partial charge on any atom is 0.0468 e. The summed E-state index contributed by atoms with van der Waals surface area (Å²) in [6.45, 7) is 8.80. The van der Waals surface area contributed by atoms with Crippen molar-refractivity contribution >= 4 is 55.7 Å². The number of anilines is 6. The Kier molecular flexibility index (Phi) is 9.98. The SMILES string of the molecule is CCCCc1ccc(N(c2ccc(C)cc2)c2ccc3c(ccc4cc(N(c5ccc(C)cc5)c5ccc(CCCC)cc5)ccc43)c2)cc1. The van der Waals surface area contributed by atoms with Crippen LogP contribution >= 0.6 is 0 Å². The van der Waals surface area contributed by atoms with Crippen LogP contribution in [0.5, 0.6) is 0 Å². The van der Waals surface area contributed by atoms with Gasteiger partial charge in [-0.3, -0.25) is 0 Å². The van der Waals surface area contributed by atoms with Crippen molar-refractivity contribution in [1.29, 1.82) is 0 Å². The Balaban J connectivity index is 1.27. The topological polar surface area (TPSA) is 6.48 Å². The molecule has 0 fully saturated rings. The molecule has 0 N–H and O–H groups in total. The lowest BCUT2D eigenvalue weighted by Gasteiger charge is -2.27. The van der Waals surface area contributed by atoms with E-state index in [9.17, 15) is 0 Å². The van der Waals surface area contributed by atoms with Gasteiger partial charge in [-0.2, -0.15) is 0 Å². The molecule has 7 rings (SSSR count). The summed E-state index contributed by atoms with van der Waals surface area (Å²) in [5.74, 6) is 0. The second-order valence-electron chi connectivity index (χ2n) is 13.8. The lowest BCUT2D eigenvalue weighted by atomic mass is 9.99. The van der Waals surface area contributed by atoms with Gasteiger partial charge in [0.1, 0.15) is 0 Å². The van der Waals surface area contributed by atoms with Crippen LogP contribution in [0.4, 0.5) is 34.1 Å². The van der Waals surface area contributed by atoms with Gasteiger partial charge in [0.2, 0.25) is 0 Å². The largest absolute Gasteiger partial charge is 0.310 e. The Labute approximate surface area is 298 Å². The molecule has 7 aromatic carbocycles. The van der Waals surface area contributed by atoms with Crippen molar-refractivity contribution in [2.45, 2.75) is 66.2 Å². The van der Waals surface area contributed by atoms with Crippen LogP contribution in [-0.4, -0.2) is 0 Å². The molecule has 0 saturated carbocycles. The first-order valence-electron chi connectivity index (χ1n) is 18.4. The van der Waals surface area contributed by atoms with Crippen molar-refractivity contribution in [3.05, 3.63) is 168 Å². The molecule has 2 heteroatoms. The van der Waals surface area contributed by atoms with Crippen molar-refractivity contribution in [2.24, 2.45) is 0 Å². The van der Waals surface area contributed by atoms with Crippen molar-refractivity contribution in [2.75, 3.05) is 9.80 Å². The van der Waals surface area contributed by atoms with E-state index in [1.165, 1.54) is 80.9 Å². The number of benzene rings is 7. The first-order chi connectivity index (χ1) is 24.5. The van der Waals surface area contributed by atoms with E-state index in [4.69, 9.17) is 0 Å². The lowest BCUT2D eigenvalue weighted by molar-refractivity contribution is 0.795. The van der Waals surface area contributed by atoms with Crippen LogP contribution in [0, 0.1) is 13.8 Å². The molecule has 0 unspecified atom stereocenters. The molecular formula is C48H48N2. The molecule has 0 radical (unpaired) electrons. The second-order valence-corrected chi connectivity index (χ2v) is 13.8. The van der Waals surface area contributed by atoms with Crippen molar-refractivity contribution in [1.82, 2.24) is 0 Å². The molecule has 50 heavy (non-hydrogen) atoms. The summed E-state index contributed by atoms with van der Waals surface area (Å²) in [4.78, 5) is 4.76. The standard InChI is InChI=1S/C48H48N2/c1-5-7-9-37-15-25-43(26-16-37)49(41-21-11-35(3)12-22-41)45-29-31-47-39(33-45)19-20-40-34-46(30-32-48(40)47)50(42-23-13-36(4)14-24-42)44-27-17-38(18-28-44)10-8-6-2/h11-34H,5-10H2,1-4H3. The minimum atomic E-state index is 1.13. The zero-order valence-corrected chi connectivity index (χ0v) is 30.0. The molecule has 0 aliphatic heterocycles. The quantitative estimate of drug-likeness (QED) is 0.121. The van der Waals surface area contributed by atoms with E-state index >= 15 is 0 Å². The molecule has 0 atom stereocenters. The average Bonchev–Trinajstić information content (AvgIpc) is 3.15. The number of unbranched alkanes of at least 4 members (excludes halogenated alkanes) is 2. The Morgan fingerprint density at radius 3 is 1.02 bits per heavy atom. The highest BCUT2D eigenvalue weighted by Crippen LogP contribution is 2.40. The molecule has 0 aromatic heterocycles. The molecule has 0 bridgehead atoms. The van der Waals surface area contributed by atoms with Crippen LogP contribution in [0.2, 0.25) is 0 Å². The van der Waals surface area contributed by atoms with E-state index in [2.05, 4.69) is 183 Å². The number of nitrogens with zero attached hydrogens (tertiary/aromatic N) is 2. The maximum absolute atomic E-state index is 2.38. The monoisotopic (exact) mass is 652 g/mol. The summed E-state index contributed by atoms with van der Waals surface area (Å²) in [5, 5.41) is 4.99. The lowest BCUT2D eigenvalue weighted by Crippen LogP contribution is -2.10. The number of hydrogen-bond donors (Lipinski definition) is 0. The highest BCUT2D eigenvalue weighted by Gasteiger charge is 2.16. The van der Waals surface area contributed by atoms with Gasteiger partial charge in [-0.25, -0.2) is 0 Å². The highest BCUT2D eigenvalue weighted by atomic mass is 15.1. The van der Waals surface area contributed by atoms with Gasteiger partial charge in [0.15, 0.2) is 0 Å². The van der Waals surface area contributed by atoms with E-state index in [0.29, 0.717) is 0 Å². The predicted molar refractivity (Wildman–Crippen MR) is 218 cm³/mol. The average molecular weight is 653 g/mol. The van der Waals surface area contributed by atoms with E-state index in [1.807, 2.05) is 0 Å². The number of aryl methyl sites for hydroxylation is 4. The second kappa shape index (κ2) is 15.0. The van der Waals surface area contributed by atoms with Crippen molar-refractivity contribution in [3.63, 3.8) is 0 Å². The molecule has 0 aliphatic rings. The van der Waals surface area contributed by atoms with Crippen LogP contribution in [0.1, 0.15) is 61.8 Å². The molecule has 0 amide bonds. The summed E-state index contributed by atoms with van der Waals surface area (Å²) in [5.41, 5.74) is 12.3. The number of fused-ring (bicyclic) bond motifs is 3. The van der Waals surface area contributed by atoms with Crippen LogP contribution in [-0.2, 0) is 12.8 Å². The Morgan fingerprint density at radius 2 is 0.680 bits per heavy atom. The van der Waals surface area contributed by atoms with Gasteiger partial charge in [0.05, 0.1) is 0 Å². The number of rotatable bonds is 12. The zero-order valence-electron chi connectivity index (χ0n) is 30.0.